The van der Waals surface area contributed by atoms with E-state index < -0.39 is 0 Å². The van der Waals surface area contributed by atoms with E-state index in [2.05, 4.69) is 36.5 Å². The monoisotopic (exact) mass is 257 g/mol. The molecule has 2 saturated carbocycles. The van der Waals surface area contributed by atoms with Crippen LogP contribution in [0.25, 0.3) is 0 Å². The molecule has 2 bridgehead atoms. The highest BCUT2D eigenvalue weighted by atomic mass is 16.5. The average molecular weight is 257 g/mol. The Morgan fingerprint density at radius 2 is 2.16 bits per heavy atom. The van der Waals surface area contributed by atoms with Crippen LogP contribution in [0.1, 0.15) is 50.6 Å². The van der Waals surface area contributed by atoms with Crippen LogP contribution in [0.5, 0.6) is 5.75 Å². The van der Waals surface area contributed by atoms with Crippen LogP contribution >= 0.6 is 0 Å². The first kappa shape index (κ1) is 11.8. The molecule has 1 heterocycles. The van der Waals surface area contributed by atoms with Crippen LogP contribution in [0.2, 0.25) is 0 Å². The minimum Gasteiger partial charge on any atom is -0.487 e. The molecule has 1 aromatic carbocycles. The maximum atomic E-state index is 6.55. The maximum absolute atomic E-state index is 6.55. The van der Waals surface area contributed by atoms with E-state index in [0.717, 1.165) is 24.1 Å². The number of para-hydroxylation sites is 1. The van der Waals surface area contributed by atoms with E-state index in [1.807, 2.05) is 0 Å². The van der Waals surface area contributed by atoms with E-state index >= 15 is 0 Å². The van der Waals surface area contributed by atoms with Gasteiger partial charge in [0, 0.05) is 18.0 Å². The predicted octanol–water partition coefficient (Wildman–Crippen LogP) is 3.68. The van der Waals surface area contributed by atoms with Crippen molar-refractivity contribution in [1.82, 2.24) is 5.32 Å². The molecule has 1 N–H and O–H groups in total. The van der Waals surface area contributed by atoms with Gasteiger partial charge in [0.1, 0.15) is 11.4 Å². The molecule has 0 aromatic heterocycles. The summed E-state index contributed by atoms with van der Waals surface area (Å²) in [6, 6.07) is 9.10. The summed E-state index contributed by atoms with van der Waals surface area (Å²) in [6.45, 7) is 3.23. The number of benzene rings is 1. The molecule has 2 fully saturated rings. The Labute approximate surface area is 115 Å². The zero-order valence-corrected chi connectivity index (χ0v) is 11.7. The van der Waals surface area contributed by atoms with Crippen LogP contribution in [-0.2, 0) is 0 Å². The van der Waals surface area contributed by atoms with Crippen molar-refractivity contribution >= 4 is 0 Å². The molecule has 1 aromatic rings. The molecule has 19 heavy (non-hydrogen) atoms. The SMILES string of the molecule is CCNC1CC2(CC3CCC2C3)Oc2ccccc21. The molecular formula is C17H23NO. The van der Waals surface area contributed by atoms with Crippen molar-refractivity contribution in [2.45, 2.75) is 50.7 Å². The third-order valence-corrected chi connectivity index (χ3v) is 5.53. The van der Waals surface area contributed by atoms with Gasteiger partial charge < -0.3 is 10.1 Å². The van der Waals surface area contributed by atoms with Crippen LogP contribution in [0, 0.1) is 11.8 Å². The standard InChI is InChI=1S/C17H23NO/c1-2-18-15-11-17(10-12-7-8-13(17)9-12)19-16-6-4-3-5-14(15)16/h3-6,12-13,15,18H,2,7-11H2,1H3. The Bertz CT molecular complexity index is 486. The number of rotatable bonds is 2. The number of hydrogen-bond acceptors (Lipinski definition) is 2. The lowest BCUT2D eigenvalue weighted by Crippen LogP contribution is -2.47. The van der Waals surface area contributed by atoms with Gasteiger partial charge >= 0.3 is 0 Å². The van der Waals surface area contributed by atoms with E-state index in [4.69, 9.17) is 4.74 Å². The topological polar surface area (TPSA) is 21.3 Å². The summed E-state index contributed by atoms with van der Waals surface area (Å²) in [5.74, 6) is 2.86. The van der Waals surface area contributed by atoms with Gasteiger partial charge in [-0.1, -0.05) is 25.1 Å². The second-order valence-corrected chi connectivity index (χ2v) is 6.60. The molecule has 2 heteroatoms. The van der Waals surface area contributed by atoms with Crippen molar-refractivity contribution in [3.05, 3.63) is 29.8 Å². The lowest BCUT2D eigenvalue weighted by atomic mass is 9.76. The molecule has 2 nitrogen and oxygen atoms in total. The molecule has 0 radical (unpaired) electrons. The van der Waals surface area contributed by atoms with Crippen molar-refractivity contribution in [2.75, 3.05) is 6.54 Å². The molecule has 4 rings (SSSR count). The highest BCUT2D eigenvalue weighted by Crippen LogP contribution is 2.57. The summed E-state index contributed by atoms with van der Waals surface area (Å²) >= 11 is 0. The fourth-order valence-electron chi connectivity index (χ4n) is 4.77. The highest BCUT2D eigenvalue weighted by molar-refractivity contribution is 5.39. The van der Waals surface area contributed by atoms with Gasteiger partial charge in [0.2, 0.25) is 0 Å². The molecule has 2 aliphatic carbocycles. The van der Waals surface area contributed by atoms with Crippen molar-refractivity contribution in [3.8, 4) is 5.75 Å². The lowest BCUT2D eigenvalue weighted by Gasteiger charge is -2.45. The van der Waals surface area contributed by atoms with Gasteiger partial charge in [-0.05, 0) is 50.1 Å². The molecule has 102 valence electrons. The first-order valence-corrected chi connectivity index (χ1v) is 7.82. The Morgan fingerprint density at radius 3 is 2.89 bits per heavy atom. The maximum Gasteiger partial charge on any atom is 0.124 e. The van der Waals surface area contributed by atoms with Crippen molar-refractivity contribution < 1.29 is 4.74 Å². The average Bonchev–Trinajstić information content (AvgIpc) is 2.99. The van der Waals surface area contributed by atoms with E-state index in [1.165, 1.54) is 37.7 Å². The zero-order valence-electron chi connectivity index (χ0n) is 11.7. The molecular weight excluding hydrogens is 234 g/mol. The summed E-state index contributed by atoms with van der Waals surface area (Å²) in [5, 5.41) is 3.67. The van der Waals surface area contributed by atoms with Crippen molar-refractivity contribution in [1.29, 1.82) is 0 Å². The highest BCUT2D eigenvalue weighted by Gasteiger charge is 2.55. The van der Waals surface area contributed by atoms with Crippen LogP contribution in [0.4, 0.5) is 0 Å². The van der Waals surface area contributed by atoms with E-state index in [1.54, 1.807) is 0 Å². The number of fused-ring (bicyclic) bond motifs is 4. The zero-order chi connectivity index (χ0) is 12.9. The minimum atomic E-state index is 0.143. The van der Waals surface area contributed by atoms with Crippen LogP contribution < -0.4 is 10.1 Å². The molecule has 3 aliphatic rings. The second kappa shape index (κ2) is 4.24. The number of ether oxygens (including phenoxy) is 1. The fraction of sp³-hybridized carbons (Fsp3) is 0.647. The fourth-order valence-corrected chi connectivity index (χ4v) is 4.77. The molecule has 4 atom stereocenters. The number of hydrogen-bond donors (Lipinski definition) is 1. The Hall–Kier alpha value is -1.02. The Kier molecular flexibility index (Phi) is 2.63. The summed E-state index contributed by atoms with van der Waals surface area (Å²) in [5.41, 5.74) is 1.50. The van der Waals surface area contributed by atoms with Gasteiger partial charge in [-0.25, -0.2) is 0 Å². The van der Waals surface area contributed by atoms with Crippen molar-refractivity contribution in [3.63, 3.8) is 0 Å². The molecule has 0 saturated heterocycles. The summed E-state index contributed by atoms with van der Waals surface area (Å²) in [4.78, 5) is 0. The van der Waals surface area contributed by atoms with Gasteiger partial charge in [-0.15, -0.1) is 0 Å². The van der Waals surface area contributed by atoms with Crippen molar-refractivity contribution in [2.24, 2.45) is 11.8 Å². The molecule has 1 aliphatic heterocycles. The molecule has 0 amide bonds. The second-order valence-electron chi connectivity index (χ2n) is 6.60. The predicted molar refractivity (Wildman–Crippen MR) is 76.3 cm³/mol. The largest absolute Gasteiger partial charge is 0.487 e. The van der Waals surface area contributed by atoms with Gasteiger partial charge in [0.05, 0.1) is 0 Å². The van der Waals surface area contributed by atoms with Crippen LogP contribution in [-0.4, -0.2) is 12.1 Å². The van der Waals surface area contributed by atoms with E-state index in [0.29, 0.717) is 6.04 Å². The quantitative estimate of drug-likeness (QED) is 0.872. The summed E-state index contributed by atoms with van der Waals surface area (Å²) in [6.07, 6.45) is 6.67. The lowest BCUT2D eigenvalue weighted by molar-refractivity contribution is -0.0182. The van der Waals surface area contributed by atoms with E-state index in [9.17, 15) is 0 Å². The first-order valence-electron chi connectivity index (χ1n) is 7.82. The Balaban J connectivity index is 1.71. The van der Waals surface area contributed by atoms with E-state index in [-0.39, 0.29) is 5.60 Å². The smallest absolute Gasteiger partial charge is 0.124 e. The van der Waals surface area contributed by atoms with Gasteiger partial charge in [0.15, 0.2) is 0 Å². The third-order valence-electron chi connectivity index (χ3n) is 5.53. The Morgan fingerprint density at radius 1 is 1.26 bits per heavy atom. The summed E-state index contributed by atoms with van der Waals surface area (Å²) < 4.78 is 6.55. The van der Waals surface area contributed by atoms with Gasteiger partial charge in [-0.3, -0.25) is 0 Å². The summed E-state index contributed by atoms with van der Waals surface area (Å²) in [7, 11) is 0. The first-order chi connectivity index (χ1) is 9.31. The molecule has 1 spiro atoms. The minimum absolute atomic E-state index is 0.143. The van der Waals surface area contributed by atoms with Gasteiger partial charge in [0.25, 0.3) is 0 Å². The third kappa shape index (κ3) is 1.73. The van der Waals surface area contributed by atoms with Crippen LogP contribution in [0.15, 0.2) is 24.3 Å². The molecule has 4 unspecified atom stereocenters. The van der Waals surface area contributed by atoms with Crippen LogP contribution in [0.3, 0.4) is 0 Å². The normalized spacial score (nSPS) is 39.3. The van der Waals surface area contributed by atoms with Gasteiger partial charge in [-0.2, -0.15) is 0 Å². The number of nitrogens with one attached hydrogen (secondary N) is 1.